The van der Waals surface area contributed by atoms with E-state index in [0.717, 1.165) is 15.6 Å². The molecule has 1 aliphatic rings. The monoisotopic (exact) mass is 333 g/mol. The molecule has 2 rings (SSSR count). The summed E-state index contributed by atoms with van der Waals surface area (Å²) in [7, 11) is -2.57. The molecule has 0 spiro atoms. The van der Waals surface area contributed by atoms with Crippen molar-refractivity contribution in [2.75, 3.05) is 20.2 Å². The molecule has 116 valence electrons. The molecule has 2 heterocycles. The number of carbonyl (C=O) groups excluding carboxylic acids is 1. The summed E-state index contributed by atoms with van der Waals surface area (Å²) < 4.78 is 30.6. The first-order valence-corrected chi connectivity index (χ1v) is 8.43. The summed E-state index contributed by atoms with van der Waals surface area (Å²) in [4.78, 5) is 22.7. The minimum absolute atomic E-state index is 0.0115. The largest absolute Gasteiger partial charge is 0.481 e. The third kappa shape index (κ3) is 2.81. The van der Waals surface area contributed by atoms with E-state index in [1.165, 1.54) is 25.5 Å². The molecule has 0 radical (unpaired) electrons. The molecule has 1 aromatic rings. The average Bonchev–Trinajstić information content (AvgIpc) is 3.05. The van der Waals surface area contributed by atoms with E-state index in [1.54, 1.807) is 0 Å². The number of esters is 1. The highest BCUT2D eigenvalue weighted by molar-refractivity contribution is 7.89. The molecule has 1 atom stereocenters. The third-order valence-electron chi connectivity index (χ3n) is 3.55. The smallest absolute Gasteiger partial charge is 0.348 e. The van der Waals surface area contributed by atoms with Gasteiger partial charge in [-0.1, -0.05) is 0 Å². The predicted octanol–water partition coefficient (Wildman–Crippen LogP) is 1.02. The first-order valence-electron chi connectivity index (χ1n) is 6.11. The zero-order valence-electron chi connectivity index (χ0n) is 11.5. The van der Waals surface area contributed by atoms with Gasteiger partial charge in [0.25, 0.3) is 0 Å². The lowest BCUT2D eigenvalue weighted by molar-refractivity contribution is -0.146. The van der Waals surface area contributed by atoms with Crippen molar-refractivity contribution in [3.05, 3.63) is 16.3 Å². The van der Waals surface area contributed by atoms with E-state index in [2.05, 4.69) is 4.74 Å². The Morgan fingerprint density at radius 3 is 2.67 bits per heavy atom. The maximum Gasteiger partial charge on any atom is 0.348 e. The topological polar surface area (TPSA) is 101 Å². The zero-order valence-corrected chi connectivity index (χ0v) is 13.2. The van der Waals surface area contributed by atoms with Crippen molar-refractivity contribution < 1.29 is 27.9 Å². The highest BCUT2D eigenvalue weighted by Crippen LogP contribution is 2.34. The Bertz CT molecular complexity index is 680. The summed E-state index contributed by atoms with van der Waals surface area (Å²) in [6.45, 7) is 1.60. The fourth-order valence-electron chi connectivity index (χ4n) is 2.11. The molecule has 0 bridgehead atoms. The zero-order chi connectivity index (χ0) is 15.8. The fourth-order valence-corrected chi connectivity index (χ4v) is 4.85. The van der Waals surface area contributed by atoms with Crippen LogP contribution in [0.1, 0.15) is 23.0 Å². The van der Waals surface area contributed by atoms with Gasteiger partial charge in [0.1, 0.15) is 4.88 Å². The maximum absolute atomic E-state index is 12.5. The van der Waals surface area contributed by atoms with Gasteiger partial charge in [-0.15, -0.1) is 11.3 Å². The first-order chi connectivity index (χ1) is 9.70. The Morgan fingerprint density at radius 2 is 2.14 bits per heavy atom. The number of aliphatic carboxylic acids is 1. The number of hydrogen-bond donors (Lipinski definition) is 1. The van der Waals surface area contributed by atoms with Gasteiger partial charge in [0.2, 0.25) is 10.0 Å². The lowest BCUT2D eigenvalue weighted by atomic mass is 9.90. The number of sulfonamides is 1. The quantitative estimate of drug-likeness (QED) is 0.826. The van der Waals surface area contributed by atoms with Gasteiger partial charge < -0.3 is 9.84 Å². The Labute approximate surface area is 126 Å². The van der Waals surface area contributed by atoms with Gasteiger partial charge in [-0.3, -0.25) is 4.79 Å². The van der Waals surface area contributed by atoms with Crippen molar-refractivity contribution in [3.8, 4) is 0 Å². The predicted molar refractivity (Wildman–Crippen MR) is 74.8 cm³/mol. The second-order valence-corrected chi connectivity index (χ2v) is 7.94. The molecule has 9 heteroatoms. The van der Waals surface area contributed by atoms with Gasteiger partial charge in [-0.25, -0.2) is 13.2 Å². The number of carbonyl (C=O) groups is 2. The standard InChI is InChI=1S/C12H15NO6S2/c1-12(11(15)16)3-4-13(7-12)21(17,18)8-5-9(20-6-8)10(14)19-2/h5-6H,3-4,7H2,1-2H3,(H,15,16). The van der Waals surface area contributed by atoms with Crippen LogP contribution in [-0.4, -0.2) is 50.0 Å². The Hall–Kier alpha value is -1.45. The van der Waals surface area contributed by atoms with Crippen LogP contribution in [0.2, 0.25) is 0 Å². The Balaban J connectivity index is 2.26. The molecule has 7 nitrogen and oxygen atoms in total. The van der Waals surface area contributed by atoms with E-state index in [-0.39, 0.29) is 29.3 Å². The van der Waals surface area contributed by atoms with Crippen LogP contribution in [0, 0.1) is 5.41 Å². The number of thiophene rings is 1. The first kappa shape index (κ1) is 15.9. The van der Waals surface area contributed by atoms with Crippen LogP contribution in [0.25, 0.3) is 0 Å². The summed E-state index contributed by atoms with van der Waals surface area (Å²) in [5, 5.41) is 10.5. The van der Waals surface area contributed by atoms with Crippen molar-refractivity contribution in [1.29, 1.82) is 0 Å². The van der Waals surface area contributed by atoms with Gasteiger partial charge in [0, 0.05) is 18.5 Å². The molecule has 1 fully saturated rings. The van der Waals surface area contributed by atoms with Crippen molar-refractivity contribution in [2.45, 2.75) is 18.2 Å². The van der Waals surface area contributed by atoms with Gasteiger partial charge in [-0.05, 0) is 19.4 Å². The van der Waals surface area contributed by atoms with Crippen LogP contribution in [0.4, 0.5) is 0 Å². The molecule has 1 aliphatic heterocycles. The van der Waals surface area contributed by atoms with Gasteiger partial charge in [0.15, 0.2) is 0 Å². The number of ether oxygens (including phenoxy) is 1. The molecule has 0 aromatic carbocycles. The summed E-state index contributed by atoms with van der Waals surface area (Å²) in [5.74, 6) is -1.61. The van der Waals surface area contributed by atoms with Crippen LogP contribution >= 0.6 is 11.3 Å². The van der Waals surface area contributed by atoms with Crippen LogP contribution in [0.15, 0.2) is 16.3 Å². The van der Waals surface area contributed by atoms with E-state index >= 15 is 0 Å². The molecule has 1 unspecified atom stereocenters. The normalized spacial score (nSPS) is 23.1. The number of nitrogens with zero attached hydrogens (tertiary/aromatic N) is 1. The van der Waals surface area contributed by atoms with E-state index in [1.807, 2.05) is 0 Å². The van der Waals surface area contributed by atoms with Gasteiger partial charge >= 0.3 is 11.9 Å². The van der Waals surface area contributed by atoms with Crippen molar-refractivity contribution in [1.82, 2.24) is 4.31 Å². The minimum atomic E-state index is -3.79. The number of hydrogen-bond acceptors (Lipinski definition) is 6. The van der Waals surface area contributed by atoms with E-state index < -0.39 is 27.4 Å². The number of carboxylic acids is 1. The fraction of sp³-hybridized carbons (Fsp3) is 0.500. The van der Waals surface area contributed by atoms with E-state index in [0.29, 0.717) is 0 Å². The molecule has 21 heavy (non-hydrogen) atoms. The second-order valence-electron chi connectivity index (χ2n) is 5.09. The average molecular weight is 333 g/mol. The Kier molecular flexibility index (Phi) is 4.09. The summed E-state index contributed by atoms with van der Waals surface area (Å²) in [5.41, 5.74) is -1.08. The molecule has 1 N–H and O–H groups in total. The molecule has 1 aromatic heterocycles. The molecule has 0 aliphatic carbocycles. The number of carboxylic acid groups (broad SMARTS) is 1. The summed E-state index contributed by atoms with van der Waals surface area (Å²) in [6, 6.07) is 1.25. The van der Waals surface area contributed by atoms with Crippen LogP contribution in [0.3, 0.4) is 0 Å². The van der Waals surface area contributed by atoms with E-state index in [9.17, 15) is 18.0 Å². The SMILES string of the molecule is COC(=O)c1cc(S(=O)(=O)N2CCC(C)(C(=O)O)C2)cs1. The molecular formula is C12H15NO6S2. The molecule has 0 amide bonds. The van der Waals surface area contributed by atoms with Gasteiger partial charge in [0.05, 0.1) is 17.4 Å². The molecular weight excluding hydrogens is 318 g/mol. The summed E-state index contributed by atoms with van der Waals surface area (Å²) in [6.07, 6.45) is 0.259. The number of rotatable bonds is 4. The van der Waals surface area contributed by atoms with Crippen LogP contribution < -0.4 is 0 Å². The number of methoxy groups -OCH3 is 1. The lowest BCUT2D eigenvalue weighted by Gasteiger charge is -2.19. The van der Waals surface area contributed by atoms with Crippen LogP contribution in [-0.2, 0) is 19.6 Å². The molecule has 0 saturated carbocycles. The van der Waals surface area contributed by atoms with Crippen molar-refractivity contribution in [2.24, 2.45) is 5.41 Å². The highest BCUT2D eigenvalue weighted by atomic mass is 32.2. The second kappa shape index (κ2) is 5.39. The lowest BCUT2D eigenvalue weighted by Crippen LogP contribution is -2.34. The Morgan fingerprint density at radius 1 is 1.48 bits per heavy atom. The van der Waals surface area contributed by atoms with Crippen molar-refractivity contribution >= 4 is 33.3 Å². The third-order valence-corrected chi connectivity index (χ3v) is 6.44. The van der Waals surface area contributed by atoms with E-state index in [4.69, 9.17) is 5.11 Å². The van der Waals surface area contributed by atoms with Crippen molar-refractivity contribution in [3.63, 3.8) is 0 Å². The molecule has 1 saturated heterocycles. The maximum atomic E-state index is 12.5. The van der Waals surface area contributed by atoms with Crippen LogP contribution in [0.5, 0.6) is 0 Å². The minimum Gasteiger partial charge on any atom is -0.481 e. The summed E-state index contributed by atoms with van der Waals surface area (Å²) >= 11 is 0.977. The highest BCUT2D eigenvalue weighted by Gasteiger charge is 2.45. The van der Waals surface area contributed by atoms with Gasteiger partial charge in [-0.2, -0.15) is 4.31 Å².